The Kier molecular flexibility index (Phi) is 5.97. The zero-order valence-corrected chi connectivity index (χ0v) is 19.0. The molecule has 34 heavy (non-hydrogen) atoms. The summed E-state index contributed by atoms with van der Waals surface area (Å²) in [5, 5.41) is 9.72. The predicted octanol–water partition coefficient (Wildman–Crippen LogP) is 4.58. The zero-order chi connectivity index (χ0) is 23.5. The van der Waals surface area contributed by atoms with Crippen molar-refractivity contribution in [1.29, 1.82) is 0 Å². The Balaban J connectivity index is 1.45. The second-order valence-corrected chi connectivity index (χ2v) is 8.13. The molecule has 2 aromatic carbocycles. The predicted molar refractivity (Wildman–Crippen MR) is 131 cm³/mol. The summed E-state index contributed by atoms with van der Waals surface area (Å²) in [7, 11) is 0. The van der Waals surface area contributed by atoms with Gasteiger partial charge < -0.3 is 15.1 Å². The number of carbonyl (C=O) groups excluding carboxylic acids is 1. The van der Waals surface area contributed by atoms with E-state index in [-0.39, 0.29) is 5.91 Å². The minimum absolute atomic E-state index is 0.247. The number of para-hydroxylation sites is 2. The first kappa shape index (κ1) is 21.7. The highest BCUT2D eigenvalue weighted by Gasteiger charge is 2.31. The number of benzene rings is 2. The van der Waals surface area contributed by atoms with Crippen LogP contribution >= 0.6 is 11.6 Å². The van der Waals surface area contributed by atoms with Gasteiger partial charge in [0.05, 0.1) is 5.57 Å². The number of guanidine groups is 1. The Morgan fingerprint density at radius 3 is 2.74 bits per heavy atom. The summed E-state index contributed by atoms with van der Waals surface area (Å²) < 4.78 is 5.76. The Bertz CT molecular complexity index is 1380. The van der Waals surface area contributed by atoms with Crippen molar-refractivity contribution in [2.75, 3.05) is 5.32 Å². The molecule has 3 N–H and O–H groups in total. The van der Waals surface area contributed by atoms with Crippen LogP contribution in [0.1, 0.15) is 24.1 Å². The van der Waals surface area contributed by atoms with Crippen molar-refractivity contribution in [2.24, 2.45) is 4.99 Å². The smallest absolute Gasteiger partial charge is 0.302 e. The molecule has 9 heteroatoms. The summed E-state index contributed by atoms with van der Waals surface area (Å²) >= 11 is 6.51. The number of halogens is 1. The summed E-state index contributed by atoms with van der Waals surface area (Å²) in [6, 6.07) is 18.2. The fourth-order valence-electron chi connectivity index (χ4n) is 3.76. The molecule has 0 bridgehead atoms. The Morgan fingerprint density at radius 1 is 1.12 bits per heavy atom. The van der Waals surface area contributed by atoms with Crippen LogP contribution in [0.15, 0.2) is 93.7 Å². The van der Waals surface area contributed by atoms with Crippen molar-refractivity contribution in [1.82, 2.24) is 20.6 Å². The van der Waals surface area contributed by atoms with Crippen LogP contribution in [0.2, 0.25) is 5.02 Å². The zero-order valence-electron chi connectivity index (χ0n) is 18.2. The molecule has 0 saturated carbocycles. The van der Waals surface area contributed by atoms with E-state index in [0.717, 1.165) is 11.1 Å². The number of oxazole rings is 1. The number of hydrogen-bond donors (Lipinski definition) is 3. The standard InChI is InChI=1S/C25H21ClN6O2/c1-15-21(23(33)28-14-16-7-6-12-27-13-16)22(17-8-2-3-9-18(17)26)31-24(29-15)32-25-30-19-10-4-5-11-20(19)34-25/h2-13,22H,14H2,1H3,(H,28,33)(H2,29,30,31,32). The van der Waals surface area contributed by atoms with Crippen molar-refractivity contribution < 1.29 is 9.21 Å². The number of hydrogen-bond acceptors (Lipinski definition) is 7. The number of fused-ring (bicyclic) bond motifs is 1. The number of nitrogens with one attached hydrogen (secondary N) is 3. The lowest BCUT2D eigenvalue weighted by Crippen LogP contribution is -2.39. The fourth-order valence-corrected chi connectivity index (χ4v) is 4.00. The van der Waals surface area contributed by atoms with Crippen molar-refractivity contribution in [2.45, 2.75) is 19.5 Å². The van der Waals surface area contributed by atoms with E-state index in [4.69, 9.17) is 21.0 Å². The number of rotatable bonds is 5. The third-order valence-electron chi connectivity index (χ3n) is 5.38. The maximum Gasteiger partial charge on any atom is 0.302 e. The highest BCUT2D eigenvalue weighted by molar-refractivity contribution is 6.31. The average Bonchev–Trinajstić information content (AvgIpc) is 3.25. The van der Waals surface area contributed by atoms with E-state index >= 15 is 0 Å². The van der Waals surface area contributed by atoms with Crippen LogP contribution in [0.5, 0.6) is 0 Å². The molecule has 1 amide bonds. The third-order valence-corrected chi connectivity index (χ3v) is 5.73. The number of anilines is 1. The largest absolute Gasteiger partial charge is 0.423 e. The van der Waals surface area contributed by atoms with E-state index in [1.54, 1.807) is 18.5 Å². The van der Waals surface area contributed by atoms with Gasteiger partial charge in [-0.1, -0.05) is 48.0 Å². The fraction of sp³-hybridized carbons (Fsp3) is 0.120. The van der Waals surface area contributed by atoms with Crippen LogP contribution in [0.3, 0.4) is 0 Å². The lowest BCUT2D eigenvalue weighted by atomic mass is 9.95. The van der Waals surface area contributed by atoms with Gasteiger partial charge in [-0.3, -0.25) is 15.1 Å². The van der Waals surface area contributed by atoms with Gasteiger partial charge in [-0.2, -0.15) is 4.98 Å². The molecule has 4 aromatic rings. The first-order valence-corrected chi connectivity index (χ1v) is 11.1. The van der Waals surface area contributed by atoms with Crippen LogP contribution in [0.4, 0.5) is 6.01 Å². The van der Waals surface area contributed by atoms with Gasteiger partial charge in [0.1, 0.15) is 11.6 Å². The van der Waals surface area contributed by atoms with Gasteiger partial charge in [-0.15, -0.1) is 0 Å². The van der Waals surface area contributed by atoms with E-state index in [9.17, 15) is 4.79 Å². The SMILES string of the molecule is CC1=C(C(=O)NCc2cccnc2)C(c2ccccc2Cl)N=C(Nc2nc3ccccc3o2)N1. The van der Waals surface area contributed by atoms with Gasteiger partial charge in [0, 0.05) is 35.2 Å². The first-order valence-electron chi connectivity index (χ1n) is 10.7. The normalized spacial score (nSPS) is 15.6. The average molecular weight is 473 g/mol. The molecule has 1 unspecified atom stereocenters. The molecular weight excluding hydrogens is 452 g/mol. The molecule has 8 nitrogen and oxygen atoms in total. The first-order chi connectivity index (χ1) is 16.6. The quantitative estimate of drug-likeness (QED) is 0.393. The maximum absolute atomic E-state index is 13.3. The molecule has 0 fully saturated rings. The number of allylic oxidation sites excluding steroid dienone is 1. The number of aliphatic imine (C=N–C) groups is 1. The van der Waals surface area contributed by atoms with Gasteiger partial charge in [-0.25, -0.2) is 4.99 Å². The number of carbonyl (C=O) groups is 1. The molecule has 3 heterocycles. The summed E-state index contributed by atoms with van der Waals surface area (Å²) in [4.78, 5) is 26.6. The number of nitrogens with zero attached hydrogens (tertiary/aromatic N) is 3. The van der Waals surface area contributed by atoms with Gasteiger partial charge in [0.15, 0.2) is 5.58 Å². The second kappa shape index (κ2) is 9.36. The number of pyridine rings is 1. The molecule has 0 aliphatic carbocycles. The summed E-state index contributed by atoms with van der Waals surface area (Å²) in [5.74, 6) is 0.154. The highest BCUT2D eigenvalue weighted by Crippen LogP contribution is 2.35. The van der Waals surface area contributed by atoms with Crippen LogP contribution in [0, 0.1) is 0 Å². The minimum atomic E-state index is -0.629. The van der Waals surface area contributed by atoms with Gasteiger partial charge in [0.2, 0.25) is 5.96 Å². The Morgan fingerprint density at radius 2 is 1.94 bits per heavy atom. The van der Waals surface area contributed by atoms with E-state index in [1.165, 1.54) is 0 Å². The topological polar surface area (TPSA) is 104 Å². The third kappa shape index (κ3) is 4.49. The lowest BCUT2D eigenvalue weighted by Gasteiger charge is -2.27. The molecule has 1 atom stereocenters. The Labute approximate surface area is 200 Å². The van der Waals surface area contributed by atoms with Crippen LogP contribution in [-0.4, -0.2) is 21.8 Å². The summed E-state index contributed by atoms with van der Waals surface area (Å²) in [6.45, 7) is 2.17. The summed E-state index contributed by atoms with van der Waals surface area (Å²) in [6.07, 6.45) is 3.41. The van der Waals surface area contributed by atoms with Crippen LogP contribution < -0.4 is 16.0 Å². The number of amides is 1. The molecule has 1 aliphatic heterocycles. The second-order valence-electron chi connectivity index (χ2n) is 7.72. The monoisotopic (exact) mass is 472 g/mol. The van der Waals surface area contributed by atoms with E-state index in [2.05, 4.69) is 25.9 Å². The van der Waals surface area contributed by atoms with E-state index in [0.29, 0.717) is 46.0 Å². The van der Waals surface area contributed by atoms with Crippen molar-refractivity contribution in [3.8, 4) is 0 Å². The van der Waals surface area contributed by atoms with E-state index < -0.39 is 6.04 Å². The molecule has 1 aliphatic rings. The van der Waals surface area contributed by atoms with Crippen LogP contribution in [-0.2, 0) is 11.3 Å². The molecule has 0 spiro atoms. The number of aromatic nitrogens is 2. The van der Waals surface area contributed by atoms with Crippen molar-refractivity contribution in [3.63, 3.8) is 0 Å². The van der Waals surface area contributed by atoms with E-state index in [1.807, 2.05) is 61.5 Å². The highest BCUT2D eigenvalue weighted by atomic mass is 35.5. The molecule has 170 valence electrons. The molecule has 0 radical (unpaired) electrons. The maximum atomic E-state index is 13.3. The van der Waals surface area contributed by atoms with Crippen molar-refractivity contribution >= 4 is 40.6 Å². The van der Waals surface area contributed by atoms with Crippen molar-refractivity contribution in [3.05, 3.63) is 100 Å². The van der Waals surface area contributed by atoms with Crippen LogP contribution in [0.25, 0.3) is 11.1 Å². The van der Waals surface area contributed by atoms with Gasteiger partial charge in [-0.05, 0) is 36.8 Å². The Hall–Kier alpha value is -4.17. The summed E-state index contributed by atoms with van der Waals surface area (Å²) in [5.41, 5.74) is 4.11. The molecular formula is C25H21ClN6O2. The molecule has 2 aromatic heterocycles. The molecule has 0 saturated heterocycles. The molecule has 5 rings (SSSR count). The minimum Gasteiger partial charge on any atom is -0.423 e. The van der Waals surface area contributed by atoms with Gasteiger partial charge in [0.25, 0.3) is 5.91 Å². The lowest BCUT2D eigenvalue weighted by molar-refractivity contribution is -0.118. The van der Waals surface area contributed by atoms with Gasteiger partial charge >= 0.3 is 6.01 Å².